The van der Waals surface area contributed by atoms with Crippen molar-refractivity contribution in [3.63, 3.8) is 0 Å². The summed E-state index contributed by atoms with van der Waals surface area (Å²) >= 11 is 0. The smallest absolute Gasteiger partial charge is 0.306 e. The molecule has 114 valence electrons. The first kappa shape index (κ1) is 15.4. The summed E-state index contributed by atoms with van der Waals surface area (Å²) in [6, 6.07) is 9.46. The van der Waals surface area contributed by atoms with Crippen molar-refractivity contribution in [1.29, 1.82) is 0 Å². The summed E-state index contributed by atoms with van der Waals surface area (Å²) < 4.78 is 5.56. The van der Waals surface area contributed by atoms with E-state index in [2.05, 4.69) is 0 Å². The summed E-state index contributed by atoms with van der Waals surface area (Å²) in [6.45, 7) is 0.934. The number of carbonyl (C=O) groups excluding carboxylic acids is 1. The van der Waals surface area contributed by atoms with Crippen molar-refractivity contribution in [3.8, 4) is 5.75 Å². The molecule has 2 rings (SSSR count). The third kappa shape index (κ3) is 4.21. The lowest BCUT2D eigenvalue weighted by atomic mass is 10.0. The molecule has 1 fully saturated rings. The lowest BCUT2D eigenvalue weighted by Crippen LogP contribution is -2.35. The van der Waals surface area contributed by atoms with Crippen LogP contribution in [0.5, 0.6) is 5.75 Å². The molecule has 1 amide bonds. The molecule has 1 saturated carbocycles. The topological polar surface area (TPSA) is 66.8 Å². The van der Waals surface area contributed by atoms with Crippen LogP contribution in [0.3, 0.4) is 0 Å². The van der Waals surface area contributed by atoms with Crippen LogP contribution in [0.1, 0.15) is 19.3 Å². The first-order valence-corrected chi connectivity index (χ1v) is 7.23. The second-order valence-electron chi connectivity index (χ2n) is 5.47. The number of hydrogen-bond acceptors (Lipinski definition) is 3. The quantitative estimate of drug-likeness (QED) is 0.871. The zero-order valence-electron chi connectivity index (χ0n) is 12.2. The van der Waals surface area contributed by atoms with Gasteiger partial charge < -0.3 is 14.7 Å². The van der Waals surface area contributed by atoms with Gasteiger partial charge in [-0.1, -0.05) is 18.2 Å². The van der Waals surface area contributed by atoms with Crippen LogP contribution in [0.2, 0.25) is 0 Å². The second-order valence-corrected chi connectivity index (χ2v) is 5.47. The molecule has 5 nitrogen and oxygen atoms in total. The van der Waals surface area contributed by atoms with Gasteiger partial charge in [0.15, 0.2) is 0 Å². The van der Waals surface area contributed by atoms with Crippen LogP contribution in [0.25, 0.3) is 0 Å². The number of para-hydroxylation sites is 1. The van der Waals surface area contributed by atoms with E-state index in [9.17, 15) is 9.59 Å². The van der Waals surface area contributed by atoms with E-state index >= 15 is 0 Å². The largest absolute Gasteiger partial charge is 0.492 e. The maximum absolute atomic E-state index is 12.2. The van der Waals surface area contributed by atoms with Gasteiger partial charge in [-0.05, 0) is 31.4 Å². The van der Waals surface area contributed by atoms with Gasteiger partial charge in [0, 0.05) is 13.0 Å². The normalized spacial score (nSPS) is 21.0. The van der Waals surface area contributed by atoms with Crippen LogP contribution in [-0.2, 0) is 9.59 Å². The van der Waals surface area contributed by atoms with Crippen molar-refractivity contribution < 1.29 is 19.4 Å². The summed E-state index contributed by atoms with van der Waals surface area (Å²) in [7, 11) is 1.74. The minimum absolute atomic E-state index is 0.0235. The number of ether oxygens (including phenoxy) is 1. The molecule has 1 N–H and O–H groups in total. The fourth-order valence-corrected chi connectivity index (χ4v) is 2.67. The number of rotatable bonds is 6. The number of benzene rings is 1. The van der Waals surface area contributed by atoms with Gasteiger partial charge in [0.1, 0.15) is 12.4 Å². The molecule has 0 spiro atoms. The van der Waals surface area contributed by atoms with Crippen molar-refractivity contribution in [1.82, 2.24) is 4.90 Å². The fraction of sp³-hybridized carbons (Fsp3) is 0.500. The van der Waals surface area contributed by atoms with E-state index in [4.69, 9.17) is 9.84 Å². The molecule has 2 atom stereocenters. The number of likely N-dealkylation sites (N-methyl/N-ethyl adjacent to an activating group) is 1. The molecule has 0 aliphatic heterocycles. The van der Waals surface area contributed by atoms with E-state index < -0.39 is 5.97 Å². The highest BCUT2D eigenvalue weighted by atomic mass is 16.5. The minimum atomic E-state index is -0.791. The predicted molar refractivity (Wildman–Crippen MR) is 78.0 cm³/mol. The summed E-state index contributed by atoms with van der Waals surface area (Å²) in [5.41, 5.74) is 0. The summed E-state index contributed by atoms with van der Waals surface area (Å²) in [6.07, 6.45) is 1.72. The molecule has 1 aromatic rings. The third-order valence-electron chi connectivity index (χ3n) is 3.95. The number of amides is 1. The molecule has 0 unspecified atom stereocenters. The molecule has 0 aromatic heterocycles. The Balaban J connectivity index is 1.74. The SMILES string of the molecule is CN(CCOc1ccccc1)C(=O)[C@@H]1CC[C@H](C(=O)O)C1. The van der Waals surface area contributed by atoms with Gasteiger partial charge in [-0.2, -0.15) is 0 Å². The Labute approximate surface area is 124 Å². The van der Waals surface area contributed by atoms with Crippen LogP contribution in [0, 0.1) is 11.8 Å². The zero-order valence-corrected chi connectivity index (χ0v) is 12.2. The van der Waals surface area contributed by atoms with Gasteiger partial charge in [-0.15, -0.1) is 0 Å². The van der Waals surface area contributed by atoms with Gasteiger partial charge in [0.2, 0.25) is 5.91 Å². The van der Waals surface area contributed by atoms with Crippen molar-refractivity contribution in [3.05, 3.63) is 30.3 Å². The summed E-state index contributed by atoms with van der Waals surface area (Å²) in [5.74, 6) is -0.512. The van der Waals surface area contributed by atoms with Crippen molar-refractivity contribution in [2.24, 2.45) is 11.8 Å². The Morgan fingerprint density at radius 1 is 1.24 bits per heavy atom. The molecular formula is C16H21NO4. The first-order valence-electron chi connectivity index (χ1n) is 7.23. The third-order valence-corrected chi connectivity index (χ3v) is 3.95. The lowest BCUT2D eigenvalue weighted by molar-refractivity contribution is -0.141. The van der Waals surface area contributed by atoms with E-state index in [1.165, 1.54) is 0 Å². The van der Waals surface area contributed by atoms with Gasteiger partial charge in [0.05, 0.1) is 12.5 Å². The maximum atomic E-state index is 12.2. The zero-order chi connectivity index (χ0) is 15.2. The van der Waals surface area contributed by atoms with Gasteiger partial charge >= 0.3 is 5.97 Å². The average Bonchev–Trinajstić information content (AvgIpc) is 2.97. The van der Waals surface area contributed by atoms with Crippen molar-refractivity contribution in [2.75, 3.05) is 20.2 Å². The Kier molecular flexibility index (Phi) is 5.20. The highest BCUT2D eigenvalue weighted by Crippen LogP contribution is 2.32. The van der Waals surface area contributed by atoms with E-state index in [-0.39, 0.29) is 17.7 Å². The molecule has 1 aliphatic rings. The van der Waals surface area contributed by atoms with Crippen molar-refractivity contribution in [2.45, 2.75) is 19.3 Å². The lowest BCUT2D eigenvalue weighted by Gasteiger charge is -2.21. The van der Waals surface area contributed by atoms with Crippen LogP contribution < -0.4 is 4.74 Å². The van der Waals surface area contributed by atoms with Crippen molar-refractivity contribution >= 4 is 11.9 Å². The number of carbonyl (C=O) groups is 2. The molecule has 0 saturated heterocycles. The number of aliphatic carboxylic acids is 1. The molecule has 1 aliphatic carbocycles. The Hall–Kier alpha value is -2.04. The standard InChI is InChI=1S/C16H21NO4/c1-17(9-10-21-14-5-3-2-4-6-14)15(18)12-7-8-13(11-12)16(19)20/h2-6,12-13H,7-11H2,1H3,(H,19,20)/t12-,13+/m1/s1. The molecule has 0 radical (unpaired) electrons. The van der Waals surface area contributed by atoms with E-state index in [1.807, 2.05) is 30.3 Å². The Bertz CT molecular complexity index is 488. The molecule has 0 heterocycles. The molecular weight excluding hydrogens is 270 g/mol. The van der Waals surface area contributed by atoms with E-state index in [0.717, 1.165) is 5.75 Å². The molecule has 0 bridgehead atoms. The van der Waals surface area contributed by atoms with Crippen LogP contribution >= 0.6 is 0 Å². The molecule has 1 aromatic carbocycles. The average molecular weight is 291 g/mol. The monoisotopic (exact) mass is 291 g/mol. The number of carboxylic acids is 1. The van der Waals surface area contributed by atoms with Gasteiger partial charge in [-0.3, -0.25) is 9.59 Å². The van der Waals surface area contributed by atoms with Crippen LogP contribution in [-0.4, -0.2) is 42.1 Å². The van der Waals surface area contributed by atoms with Crippen LogP contribution in [0.15, 0.2) is 30.3 Å². The molecule has 5 heteroatoms. The predicted octanol–water partition coefficient (Wildman–Crippen LogP) is 2.02. The second kappa shape index (κ2) is 7.11. The number of carboxylic acid groups (broad SMARTS) is 1. The Morgan fingerprint density at radius 2 is 1.90 bits per heavy atom. The van der Waals surface area contributed by atoms with E-state index in [1.54, 1.807) is 11.9 Å². The van der Waals surface area contributed by atoms with E-state index in [0.29, 0.717) is 32.4 Å². The molecule has 21 heavy (non-hydrogen) atoms. The summed E-state index contributed by atoms with van der Waals surface area (Å²) in [5, 5.41) is 8.97. The van der Waals surface area contributed by atoms with Crippen LogP contribution in [0.4, 0.5) is 0 Å². The highest BCUT2D eigenvalue weighted by molar-refractivity contribution is 5.80. The number of nitrogens with zero attached hydrogens (tertiary/aromatic N) is 1. The number of hydrogen-bond donors (Lipinski definition) is 1. The summed E-state index contributed by atoms with van der Waals surface area (Å²) in [4.78, 5) is 24.8. The van der Waals surface area contributed by atoms with Gasteiger partial charge in [0.25, 0.3) is 0 Å². The fourth-order valence-electron chi connectivity index (χ4n) is 2.67. The minimum Gasteiger partial charge on any atom is -0.492 e. The Morgan fingerprint density at radius 3 is 2.52 bits per heavy atom. The first-order chi connectivity index (χ1) is 10.1. The maximum Gasteiger partial charge on any atom is 0.306 e. The van der Waals surface area contributed by atoms with Gasteiger partial charge in [-0.25, -0.2) is 0 Å². The highest BCUT2D eigenvalue weighted by Gasteiger charge is 2.34.